The van der Waals surface area contributed by atoms with Gasteiger partial charge in [0.15, 0.2) is 0 Å². The number of benzene rings is 1. The number of H-pyrrole nitrogens is 1. The first-order valence-corrected chi connectivity index (χ1v) is 10.3. The van der Waals surface area contributed by atoms with Gasteiger partial charge in [-0.25, -0.2) is 0 Å². The van der Waals surface area contributed by atoms with Crippen molar-refractivity contribution in [2.75, 3.05) is 26.4 Å². The molecule has 2 aliphatic heterocycles. The molecule has 1 unspecified atom stereocenters. The van der Waals surface area contributed by atoms with Crippen molar-refractivity contribution in [3.8, 4) is 5.75 Å². The van der Waals surface area contributed by atoms with E-state index < -0.39 is 0 Å². The number of ether oxygens (including phenoxy) is 2. The Labute approximate surface area is 174 Å². The number of nitrogens with one attached hydrogen (secondary N) is 1. The fourth-order valence-electron chi connectivity index (χ4n) is 4.01. The number of hydrogen-bond acceptors (Lipinski definition) is 4. The molecule has 4 rings (SSSR count). The Kier molecular flexibility index (Phi) is 5.65. The van der Waals surface area contributed by atoms with Crippen LogP contribution in [-0.2, 0) is 17.7 Å². The molecule has 0 spiro atoms. The van der Waals surface area contributed by atoms with Gasteiger partial charge < -0.3 is 19.4 Å². The number of aryl methyl sites for hydroxylation is 2. The molecule has 2 aromatic rings. The maximum Gasteiger partial charge on any atom is 0.256 e. The predicted molar refractivity (Wildman–Crippen MR) is 111 cm³/mol. The Hall–Kier alpha value is -2.31. The summed E-state index contributed by atoms with van der Waals surface area (Å²) >= 11 is 6.59. The van der Waals surface area contributed by atoms with Crippen LogP contribution in [0.25, 0.3) is 0 Å². The summed E-state index contributed by atoms with van der Waals surface area (Å²) in [6.07, 6.45) is 1.67. The van der Waals surface area contributed by atoms with E-state index in [1.165, 1.54) is 0 Å². The van der Waals surface area contributed by atoms with Gasteiger partial charge in [-0.15, -0.1) is 0 Å². The van der Waals surface area contributed by atoms with Crippen molar-refractivity contribution in [1.29, 1.82) is 0 Å². The minimum Gasteiger partial charge on any atom is -0.492 e. The minimum atomic E-state index is -0.162. The molecule has 1 amide bonds. The summed E-state index contributed by atoms with van der Waals surface area (Å²) in [5, 5.41) is 0.352. The van der Waals surface area contributed by atoms with Crippen LogP contribution in [0.2, 0.25) is 5.02 Å². The largest absolute Gasteiger partial charge is 0.492 e. The molecule has 6 nitrogen and oxygen atoms in total. The molecular formula is C22H25ClN2O4. The third-order valence-corrected chi connectivity index (χ3v) is 6.06. The number of nitrogens with zero attached hydrogens (tertiary/aromatic N) is 1. The number of fused-ring (bicyclic) bond motifs is 1. The Morgan fingerprint density at radius 3 is 2.86 bits per heavy atom. The number of aromatic amines is 1. The van der Waals surface area contributed by atoms with Crippen molar-refractivity contribution < 1.29 is 14.3 Å². The smallest absolute Gasteiger partial charge is 0.256 e. The number of hydrogen-bond donors (Lipinski definition) is 1. The lowest BCUT2D eigenvalue weighted by molar-refractivity contribution is 0.0725. The maximum atomic E-state index is 13.2. The van der Waals surface area contributed by atoms with E-state index in [2.05, 4.69) is 4.98 Å². The van der Waals surface area contributed by atoms with Crippen molar-refractivity contribution >= 4 is 17.5 Å². The minimum absolute atomic E-state index is 0.150. The number of halogens is 1. The van der Waals surface area contributed by atoms with Gasteiger partial charge in [0.1, 0.15) is 5.75 Å². The normalized spacial score (nSPS) is 18.8. The summed E-state index contributed by atoms with van der Waals surface area (Å²) in [7, 11) is 0. The first-order chi connectivity index (χ1) is 13.9. The van der Waals surface area contributed by atoms with E-state index >= 15 is 0 Å². The zero-order valence-electron chi connectivity index (χ0n) is 16.7. The Bertz CT molecular complexity index is 995. The average molecular weight is 417 g/mol. The van der Waals surface area contributed by atoms with E-state index in [1.807, 2.05) is 32.0 Å². The van der Waals surface area contributed by atoms with E-state index in [9.17, 15) is 9.59 Å². The van der Waals surface area contributed by atoms with E-state index in [0.717, 1.165) is 29.8 Å². The van der Waals surface area contributed by atoms with Crippen molar-refractivity contribution in [2.24, 2.45) is 5.92 Å². The highest BCUT2D eigenvalue weighted by atomic mass is 35.5. The Balaban J connectivity index is 1.56. The fraction of sp³-hybridized carbons (Fsp3) is 0.455. The third-order valence-electron chi connectivity index (χ3n) is 5.69. The molecule has 2 aliphatic rings. The van der Waals surface area contributed by atoms with Crippen LogP contribution in [0.3, 0.4) is 0 Å². The van der Waals surface area contributed by atoms with Gasteiger partial charge in [-0.3, -0.25) is 9.59 Å². The first-order valence-electron chi connectivity index (χ1n) is 9.94. The number of aromatic nitrogens is 1. The lowest BCUT2D eigenvalue weighted by atomic mass is 9.97. The molecule has 1 saturated heterocycles. The summed E-state index contributed by atoms with van der Waals surface area (Å²) in [6.45, 7) is 6.53. The molecule has 3 heterocycles. The molecule has 1 atom stereocenters. The van der Waals surface area contributed by atoms with Crippen molar-refractivity contribution in [2.45, 2.75) is 33.2 Å². The molecule has 1 N–H and O–H groups in total. The number of pyridine rings is 1. The second-order valence-electron chi connectivity index (χ2n) is 7.87. The van der Waals surface area contributed by atoms with Crippen LogP contribution in [-0.4, -0.2) is 42.2 Å². The number of rotatable bonds is 5. The molecule has 29 heavy (non-hydrogen) atoms. The third kappa shape index (κ3) is 4.05. The van der Waals surface area contributed by atoms with E-state index in [1.54, 1.807) is 4.90 Å². The topological polar surface area (TPSA) is 71.6 Å². The second kappa shape index (κ2) is 8.20. The quantitative estimate of drug-likeness (QED) is 0.812. The lowest BCUT2D eigenvalue weighted by Gasteiger charge is -2.30. The molecular weight excluding hydrogens is 392 g/mol. The molecule has 1 aromatic carbocycles. The van der Waals surface area contributed by atoms with Gasteiger partial charge in [0.25, 0.3) is 11.5 Å². The van der Waals surface area contributed by atoms with Gasteiger partial charge in [-0.2, -0.15) is 0 Å². The van der Waals surface area contributed by atoms with Crippen molar-refractivity contribution in [1.82, 2.24) is 9.88 Å². The standard InChI is InChI=1S/C22H25ClN2O4/c1-13-9-14(2)24-21(26)17(13)10-25-7-5-16-3-4-18(20(23)19(16)22(25)27)29-12-15-6-8-28-11-15/h3-4,9,15H,5-8,10-12H2,1-2H3,(H,24,26). The predicted octanol–water partition coefficient (Wildman–Crippen LogP) is 3.26. The molecule has 7 heteroatoms. The zero-order valence-corrected chi connectivity index (χ0v) is 17.5. The van der Waals surface area contributed by atoms with Crippen LogP contribution in [0.5, 0.6) is 5.75 Å². The van der Waals surface area contributed by atoms with Gasteiger partial charge in [-0.05, 0) is 49.9 Å². The van der Waals surface area contributed by atoms with Crippen LogP contribution < -0.4 is 10.3 Å². The van der Waals surface area contributed by atoms with Crippen LogP contribution in [0.4, 0.5) is 0 Å². The monoisotopic (exact) mass is 416 g/mol. The molecule has 0 aliphatic carbocycles. The summed E-state index contributed by atoms with van der Waals surface area (Å²) in [6, 6.07) is 5.68. The maximum absolute atomic E-state index is 13.2. The van der Waals surface area contributed by atoms with E-state index in [4.69, 9.17) is 21.1 Å². The average Bonchev–Trinajstić information content (AvgIpc) is 3.19. The summed E-state index contributed by atoms with van der Waals surface area (Å²) < 4.78 is 11.3. The Morgan fingerprint density at radius 1 is 1.31 bits per heavy atom. The number of carbonyl (C=O) groups is 1. The van der Waals surface area contributed by atoms with Gasteiger partial charge in [0.2, 0.25) is 0 Å². The second-order valence-corrected chi connectivity index (χ2v) is 8.25. The molecule has 0 radical (unpaired) electrons. The van der Waals surface area contributed by atoms with Crippen molar-refractivity contribution in [3.63, 3.8) is 0 Å². The highest BCUT2D eigenvalue weighted by Gasteiger charge is 2.29. The molecule has 0 saturated carbocycles. The fourth-order valence-corrected chi connectivity index (χ4v) is 4.32. The molecule has 0 bridgehead atoms. The van der Waals surface area contributed by atoms with Crippen LogP contribution in [0, 0.1) is 19.8 Å². The van der Waals surface area contributed by atoms with Crippen molar-refractivity contribution in [3.05, 3.63) is 61.5 Å². The molecule has 1 fully saturated rings. The van der Waals surface area contributed by atoms with Gasteiger partial charge in [0, 0.05) is 30.3 Å². The number of amides is 1. The van der Waals surface area contributed by atoms with Crippen LogP contribution in [0.15, 0.2) is 23.0 Å². The lowest BCUT2D eigenvalue weighted by Crippen LogP contribution is -2.39. The molecule has 1 aromatic heterocycles. The summed E-state index contributed by atoms with van der Waals surface area (Å²) in [5.74, 6) is 0.715. The summed E-state index contributed by atoms with van der Waals surface area (Å²) in [5.41, 5.74) is 3.55. The highest BCUT2D eigenvalue weighted by Crippen LogP contribution is 2.35. The van der Waals surface area contributed by atoms with E-state index in [0.29, 0.717) is 54.0 Å². The van der Waals surface area contributed by atoms with Gasteiger partial charge in [0.05, 0.1) is 30.3 Å². The number of carbonyl (C=O) groups excluding carboxylic acids is 1. The SMILES string of the molecule is Cc1cc(C)c(CN2CCc3ccc(OCC4CCOC4)c(Cl)c3C2=O)c(=O)[nH]1. The van der Waals surface area contributed by atoms with E-state index in [-0.39, 0.29) is 18.0 Å². The van der Waals surface area contributed by atoms with Gasteiger partial charge >= 0.3 is 0 Å². The first kappa shape index (κ1) is 20.0. The molecule has 154 valence electrons. The Morgan fingerprint density at radius 2 is 2.14 bits per heavy atom. The summed E-state index contributed by atoms with van der Waals surface area (Å²) in [4.78, 5) is 30.1. The highest BCUT2D eigenvalue weighted by molar-refractivity contribution is 6.35. The zero-order chi connectivity index (χ0) is 20.5. The van der Waals surface area contributed by atoms with Crippen LogP contribution in [0.1, 0.15) is 39.2 Å². The van der Waals surface area contributed by atoms with Crippen LogP contribution >= 0.6 is 11.6 Å². The van der Waals surface area contributed by atoms with Gasteiger partial charge in [-0.1, -0.05) is 17.7 Å².